The first kappa shape index (κ1) is 17.0. The molecule has 3 heteroatoms. The summed E-state index contributed by atoms with van der Waals surface area (Å²) in [6.07, 6.45) is 3.55. The maximum absolute atomic E-state index is 13.5. The minimum Gasteiger partial charge on any atom is -0.268 e. The lowest BCUT2D eigenvalue weighted by molar-refractivity contribution is 0.0984. The fourth-order valence-electron chi connectivity index (χ4n) is 3.16. The lowest BCUT2D eigenvalue weighted by atomic mass is 10.0. The summed E-state index contributed by atoms with van der Waals surface area (Å²) in [6.45, 7) is 4.11. The number of aryl methyl sites for hydroxylation is 2. The molecule has 0 saturated heterocycles. The molecule has 0 radical (unpaired) electrons. The van der Waals surface area contributed by atoms with Crippen molar-refractivity contribution >= 4 is 28.6 Å². The van der Waals surface area contributed by atoms with Gasteiger partial charge in [-0.25, -0.2) is 4.98 Å². The molecule has 3 aromatic carbocycles. The highest BCUT2D eigenvalue weighted by Gasteiger charge is 2.17. The molecule has 1 aromatic heterocycles. The third-order valence-electron chi connectivity index (χ3n) is 4.81. The molecule has 0 aliphatic carbocycles. The Morgan fingerprint density at radius 3 is 2.22 bits per heavy atom. The molecule has 4 rings (SSSR count). The van der Waals surface area contributed by atoms with Crippen molar-refractivity contribution in [2.24, 2.45) is 0 Å². The van der Waals surface area contributed by atoms with E-state index in [4.69, 9.17) is 0 Å². The number of fused-ring (bicyclic) bond motifs is 1. The minimum absolute atomic E-state index is 0.0872. The molecule has 0 fully saturated rings. The van der Waals surface area contributed by atoms with Crippen LogP contribution in [-0.2, 0) is 0 Å². The maximum atomic E-state index is 13.5. The summed E-state index contributed by atoms with van der Waals surface area (Å²) in [6, 6.07) is 23.7. The average molecular weight is 352 g/mol. The topological polar surface area (TPSA) is 34.9 Å². The van der Waals surface area contributed by atoms with Crippen LogP contribution in [0.5, 0.6) is 0 Å². The lowest BCUT2D eigenvalue weighted by Crippen LogP contribution is -2.11. The van der Waals surface area contributed by atoms with Gasteiger partial charge < -0.3 is 0 Å². The van der Waals surface area contributed by atoms with Crippen LogP contribution in [0.4, 0.5) is 0 Å². The first-order chi connectivity index (χ1) is 13.1. The Kier molecular flexibility index (Phi) is 4.43. The van der Waals surface area contributed by atoms with Gasteiger partial charge in [-0.3, -0.25) is 9.36 Å². The predicted molar refractivity (Wildman–Crippen MR) is 111 cm³/mol. The van der Waals surface area contributed by atoms with E-state index in [1.165, 1.54) is 5.56 Å². The van der Waals surface area contributed by atoms with Crippen LogP contribution >= 0.6 is 0 Å². The molecular weight excluding hydrogens is 332 g/mol. The molecule has 132 valence electrons. The number of hydrogen-bond donors (Lipinski definition) is 0. The van der Waals surface area contributed by atoms with Gasteiger partial charge in [0.25, 0.3) is 5.91 Å². The van der Waals surface area contributed by atoms with Crippen molar-refractivity contribution in [2.75, 3.05) is 0 Å². The Morgan fingerprint density at radius 2 is 1.52 bits per heavy atom. The van der Waals surface area contributed by atoms with Crippen molar-refractivity contribution in [2.45, 2.75) is 13.8 Å². The predicted octanol–water partition coefficient (Wildman–Crippen LogP) is 5.53. The number of nitrogens with zero attached hydrogens (tertiary/aromatic N) is 2. The van der Waals surface area contributed by atoms with Gasteiger partial charge in [-0.15, -0.1) is 0 Å². The van der Waals surface area contributed by atoms with Crippen LogP contribution in [0.3, 0.4) is 0 Å². The molecular formula is C24H20N2O. The number of benzene rings is 3. The van der Waals surface area contributed by atoms with Gasteiger partial charge in [0.1, 0.15) is 6.33 Å². The van der Waals surface area contributed by atoms with Crippen LogP contribution in [0.2, 0.25) is 0 Å². The van der Waals surface area contributed by atoms with E-state index in [-0.39, 0.29) is 5.91 Å². The van der Waals surface area contributed by atoms with E-state index >= 15 is 0 Å². The monoisotopic (exact) mass is 352 g/mol. The molecule has 0 amide bonds. The Bertz CT molecular complexity index is 1140. The number of imidazole rings is 1. The zero-order valence-electron chi connectivity index (χ0n) is 15.4. The highest BCUT2D eigenvalue weighted by Crippen LogP contribution is 2.24. The van der Waals surface area contributed by atoms with Gasteiger partial charge in [0.15, 0.2) is 0 Å². The summed E-state index contributed by atoms with van der Waals surface area (Å²) in [4.78, 5) is 17.9. The maximum Gasteiger partial charge on any atom is 0.264 e. The number of aromatic nitrogens is 2. The molecule has 0 N–H and O–H groups in total. The van der Waals surface area contributed by atoms with Crippen LogP contribution in [-0.4, -0.2) is 15.5 Å². The van der Waals surface area contributed by atoms with Gasteiger partial charge in [-0.1, -0.05) is 60.7 Å². The molecule has 0 atom stereocenters. The third-order valence-corrected chi connectivity index (χ3v) is 4.81. The smallest absolute Gasteiger partial charge is 0.264 e. The Hall–Kier alpha value is -3.46. The van der Waals surface area contributed by atoms with Crippen molar-refractivity contribution in [3.63, 3.8) is 0 Å². The van der Waals surface area contributed by atoms with Gasteiger partial charge in [0.2, 0.25) is 0 Å². The second-order valence-electron chi connectivity index (χ2n) is 6.68. The van der Waals surface area contributed by atoms with E-state index < -0.39 is 0 Å². The van der Waals surface area contributed by atoms with E-state index in [1.807, 2.05) is 78.9 Å². The zero-order chi connectivity index (χ0) is 18.8. The zero-order valence-corrected chi connectivity index (χ0v) is 15.4. The highest BCUT2D eigenvalue weighted by atomic mass is 16.2. The largest absolute Gasteiger partial charge is 0.268 e. The molecule has 4 aromatic rings. The number of carbonyl (C=O) groups excluding carboxylic acids is 1. The summed E-state index contributed by atoms with van der Waals surface area (Å²) < 4.78 is 1.64. The second-order valence-corrected chi connectivity index (χ2v) is 6.68. The summed E-state index contributed by atoms with van der Waals surface area (Å²) in [5.74, 6) is -0.0872. The molecule has 0 bridgehead atoms. The van der Waals surface area contributed by atoms with E-state index in [2.05, 4.69) is 18.8 Å². The van der Waals surface area contributed by atoms with Crippen LogP contribution in [0, 0.1) is 13.8 Å². The standard InChI is InChI=1S/C24H20N2O/c1-17-13-22-23(14-18(17)2)26(16-25-22)24(27)21(20-11-7-4-8-12-20)15-19-9-5-3-6-10-19/h3-16H,1-2H3. The van der Waals surface area contributed by atoms with E-state index in [0.717, 1.165) is 27.7 Å². The Balaban J connectivity index is 1.87. The third kappa shape index (κ3) is 3.32. The van der Waals surface area contributed by atoms with Crippen molar-refractivity contribution < 1.29 is 4.79 Å². The molecule has 0 unspecified atom stereocenters. The molecule has 27 heavy (non-hydrogen) atoms. The van der Waals surface area contributed by atoms with Gasteiger partial charge >= 0.3 is 0 Å². The fraction of sp³-hybridized carbons (Fsp3) is 0.0833. The molecule has 0 saturated carbocycles. The van der Waals surface area contributed by atoms with Crippen molar-refractivity contribution in [1.82, 2.24) is 9.55 Å². The average Bonchev–Trinajstić information content (AvgIpc) is 3.10. The summed E-state index contributed by atoms with van der Waals surface area (Å²) in [5.41, 5.74) is 6.49. The van der Waals surface area contributed by atoms with Gasteiger partial charge in [0.05, 0.1) is 11.0 Å². The normalized spacial score (nSPS) is 11.7. The van der Waals surface area contributed by atoms with Crippen LogP contribution < -0.4 is 0 Å². The van der Waals surface area contributed by atoms with Crippen LogP contribution in [0.1, 0.15) is 27.0 Å². The molecule has 1 heterocycles. The number of rotatable bonds is 3. The van der Waals surface area contributed by atoms with E-state index in [0.29, 0.717) is 5.57 Å². The van der Waals surface area contributed by atoms with Gasteiger partial charge in [-0.05, 0) is 54.3 Å². The van der Waals surface area contributed by atoms with Gasteiger partial charge in [-0.2, -0.15) is 0 Å². The number of hydrogen-bond acceptors (Lipinski definition) is 2. The molecule has 0 spiro atoms. The first-order valence-corrected chi connectivity index (χ1v) is 8.94. The quantitative estimate of drug-likeness (QED) is 0.359. The van der Waals surface area contributed by atoms with Crippen molar-refractivity contribution in [3.8, 4) is 0 Å². The van der Waals surface area contributed by atoms with E-state index in [9.17, 15) is 4.79 Å². The minimum atomic E-state index is -0.0872. The van der Waals surface area contributed by atoms with E-state index in [1.54, 1.807) is 10.9 Å². The van der Waals surface area contributed by atoms with Gasteiger partial charge in [0, 0.05) is 5.57 Å². The fourth-order valence-corrected chi connectivity index (χ4v) is 3.16. The number of carbonyl (C=O) groups is 1. The Morgan fingerprint density at radius 1 is 0.889 bits per heavy atom. The molecule has 0 aliphatic rings. The van der Waals surface area contributed by atoms with Crippen molar-refractivity contribution in [1.29, 1.82) is 0 Å². The summed E-state index contributed by atoms with van der Waals surface area (Å²) >= 11 is 0. The SMILES string of the molecule is Cc1cc2ncn(C(=O)C(=Cc3ccccc3)c3ccccc3)c2cc1C. The van der Waals surface area contributed by atoms with Crippen LogP contribution in [0.25, 0.3) is 22.7 Å². The molecule has 0 aliphatic heterocycles. The summed E-state index contributed by atoms with van der Waals surface area (Å²) in [7, 11) is 0. The second kappa shape index (κ2) is 7.04. The highest BCUT2D eigenvalue weighted by molar-refractivity contribution is 6.26. The molecule has 3 nitrogen and oxygen atoms in total. The van der Waals surface area contributed by atoms with Crippen molar-refractivity contribution in [3.05, 3.63) is 101 Å². The Labute approximate surface area is 158 Å². The number of allylic oxidation sites excluding steroid dienone is 1. The first-order valence-electron chi connectivity index (χ1n) is 8.94. The van der Waals surface area contributed by atoms with Crippen LogP contribution in [0.15, 0.2) is 79.1 Å². The lowest BCUT2D eigenvalue weighted by Gasteiger charge is -2.10. The summed E-state index contributed by atoms with van der Waals surface area (Å²) in [5, 5.41) is 0.